The molecule has 0 spiro atoms. The number of carbonyl (C=O) groups excluding carboxylic acids is 1. The van der Waals surface area contributed by atoms with E-state index in [1.165, 1.54) is 6.42 Å². The smallest absolute Gasteiger partial charge is 0.333 e. The van der Waals surface area contributed by atoms with E-state index in [9.17, 15) is 4.79 Å². The minimum Gasteiger partial charge on any atom is -0.456 e. The lowest BCUT2D eigenvalue weighted by Gasteiger charge is -2.46. The molecule has 0 aliphatic heterocycles. The SMILES string of the molecule is C=C(C)C(=O)OC1(CC)CC(C)CC(C)(C)C1. The zero-order chi connectivity index (χ0) is 13.3. The minimum atomic E-state index is -0.281. The predicted octanol–water partition coefficient (Wildman–Crippen LogP) is 4.10. The molecule has 0 aromatic carbocycles. The Bertz CT molecular complexity index is 317. The summed E-state index contributed by atoms with van der Waals surface area (Å²) in [6.07, 6.45) is 4.03. The van der Waals surface area contributed by atoms with Gasteiger partial charge in [-0.1, -0.05) is 34.3 Å². The molecule has 0 aromatic heterocycles. The second-order valence-electron chi connectivity index (χ2n) is 6.56. The topological polar surface area (TPSA) is 26.3 Å². The fourth-order valence-electron chi connectivity index (χ4n) is 3.37. The molecule has 2 nitrogen and oxygen atoms in total. The molecule has 1 rings (SSSR count). The van der Waals surface area contributed by atoms with E-state index in [1.54, 1.807) is 6.92 Å². The molecular formula is C15H26O2. The molecule has 2 heteroatoms. The van der Waals surface area contributed by atoms with Crippen LogP contribution in [0.1, 0.15) is 60.3 Å². The molecule has 17 heavy (non-hydrogen) atoms. The van der Waals surface area contributed by atoms with E-state index in [0.29, 0.717) is 11.5 Å². The first-order chi connectivity index (χ1) is 7.70. The van der Waals surface area contributed by atoms with Gasteiger partial charge in [0.2, 0.25) is 0 Å². The summed E-state index contributed by atoms with van der Waals surface area (Å²) >= 11 is 0. The number of carbonyl (C=O) groups is 1. The van der Waals surface area contributed by atoms with E-state index in [1.807, 2.05) is 0 Å². The van der Waals surface area contributed by atoms with Gasteiger partial charge in [-0.05, 0) is 43.9 Å². The second kappa shape index (κ2) is 4.83. The van der Waals surface area contributed by atoms with Crippen LogP contribution >= 0.6 is 0 Å². The summed E-state index contributed by atoms with van der Waals surface area (Å²) in [5.74, 6) is 0.369. The molecule has 0 radical (unpaired) electrons. The Morgan fingerprint density at radius 2 is 2.00 bits per heavy atom. The Morgan fingerprint density at radius 3 is 2.41 bits per heavy atom. The summed E-state index contributed by atoms with van der Waals surface area (Å²) in [7, 11) is 0. The summed E-state index contributed by atoms with van der Waals surface area (Å²) in [4.78, 5) is 11.8. The quantitative estimate of drug-likeness (QED) is 0.546. The zero-order valence-electron chi connectivity index (χ0n) is 11.9. The van der Waals surface area contributed by atoms with Gasteiger partial charge in [-0.25, -0.2) is 4.79 Å². The lowest BCUT2D eigenvalue weighted by Crippen LogP contribution is -2.45. The first-order valence-electron chi connectivity index (χ1n) is 6.58. The van der Waals surface area contributed by atoms with Crippen molar-refractivity contribution in [3.63, 3.8) is 0 Å². The van der Waals surface area contributed by atoms with Gasteiger partial charge in [0.05, 0.1) is 0 Å². The van der Waals surface area contributed by atoms with Crippen LogP contribution in [-0.4, -0.2) is 11.6 Å². The van der Waals surface area contributed by atoms with Gasteiger partial charge in [-0.2, -0.15) is 0 Å². The molecule has 0 bridgehead atoms. The van der Waals surface area contributed by atoms with Crippen LogP contribution in [0.3, 0.4) is 0 Å². The van der Waals surface area contributed by atoms with Crippen LogP contribution in [-0.2, 0) is 9.53 Å². The van der Waals surface area contributed by atoms with Crippen molar-refractivity contribution in [2.45, 2.75) is 65.9 Å². The predicted molar refractivity (Wildman–Crippen MR) is 70.7 cm³/mol. The van der Waals surface area contributed by atoms with Crippen molar-refractivity contribution in [2.75, 3.05) is 0 Å². The average molecular weight is 238 g/mol. The van der Waals surface area contributed by atoms with Crippen LogP contribution < -0.4 is 0 Å². The van der Waals surface area contributed by atoms with Crippen LogP contribution in [0.2, 0.25) is 0 Å². The van der Waals surface area contributed by atoms with Crippen molar-refractivity contribution in [3.05, 3.63) is 12.2 Å². The Kier molecular flexibility index (Phi) is 4.06. The molecule has 1 saturated carbocycles. The summed E-state index contributed by atoms with van der Waals surface area (Å²) in [6, 6.07) is 0. The molecule has 1 aliphatic carbocycles. The summed E-state index contributed by atoms with van der Waals surface area (Å²) in [6.45, 7) is 14.3. The van der Waals surface area contributed by atoms with Crippen molar-refractivity contribution in [3.8, 4) is 0 Å². The van der Waals surface area contributed by atoms with Gasteiger partial charge in [-0.15, -0.1) is 0 Å². The van der Waals surface area contributed by atoms with E-state index >= 15 is 0 Å². The number of rotatable bonds is 3. The monoisotopic (exact) mass is 238 g/mol. The largest absolute Gasteiger partial charge is 0.456 e. The average Bonchev–Trinajstić information content (AvgIpc) is 2.14. The highest BCUT2D eigenvalue weighted by Crippen LogP contribution is 2.47. The zero-order valence-corrected chi connectivity index (χ0v) is 11.9. The molecular weight excluding hydrogens is 212 g/mol. The van der Waals surface area contributed by atoms with E-state index < -0.39 is 0 Å². The van der Waals surface area contributed by atoms with E-state index in [0.717, 1.165) is 19.3 Å². The maximum absolute atomic E-state index is 11.8. The Morgan fingerprint density at radius 1 is 1.41 bits per heavy atom. The van der Waals surface area contributed by atoms with Crippen molar-refractivity contribution in [1.29, 1.82) is 0 Å². The third kappa shape index (κ3) is 3.58. The molecule has 0 N–H and O–H groups in total. The van der Waals surface area contributed by atoms with Gasteiger partial charge in [0.15, 0.2) is 0 Å². The third-order valence-corrected chi connectivity index (χ3v) is 3.72. The Balaban J connectivity index is 2.87. The van der Waals surface area contributed by atoms with Gasteiger partial charge in [-0.3, -0.25) is 0 Å². The van der Waals surface area contributed by atoms with E-state index in [2.05, 4.69) is 34.3 Å². The molecule has 2 atom stereocenters. The maximum atomic E-state index is 11.8. The lowest BCUT2D eigenvalue weighted by molar-refractivity contribution is -0.166. The Hall–Kier alpha value is -0.790. The molecule has 98 valence electrons. The van der Waals surface area contributed by atoms with Crippen molar-refractivity contribution in [1.82, 2.24) is 0 Å². The van der Waals surface area contributed by atoms with Gasteiger partial charge in [0.25, 0.3) is 0 Å². The first kappa shape index (κ1) is 14.3. The molecule has 1 fully saturated rings. The van der Waals surface area contributed by atoms with Gasteiger partial charge in [0.1, 0.15) is 5.60 Å². The van der Waals surface area contributed by atoms with E-state index in [-0.39, 0.29) is 17.0 Å². The van der Waals surface area contributed by atoms with Crippen molar-refractivity contribution < 1.29 is 9.53 Å². The molecule has 0 amide bonds. The lowest BCUT2D eigenvalue weighted by atomic mass is 9.65. The maximum Gasteiger partial charge on any atom is 0.333 e. The van der Waals surface area contributed by atoms with E-state index in [4.69, 9.17) is 4.74 Å². The highest BCUT2D eigenvalue weighted by atomic mass is 16.6. The van der Waals surface area contributed by atoms with Gasteiger partial charge in [0, 0.05) is 5.57 Å². The highest BCUT2D eigenvalue weighted by Gasteiger charge is 2.44. The summed E-state index contributed by atoms with van der Waals surface area (Å²) < 4.78 is 5.76. The van der Waals surface area contributed by atoms with Gasteiger partial charge < -0.3 is 4.74 Å². The fourth-order valence-corrected chi connectivity index (χ4v) is 3.37. The molecule has 0 saturated heterocycles. The molecule has 0 aromatic rings. The van der Waals surface area contributed by atoms with Crippen LogP contribution in [0.5, 0.6) is 0 Å². The first-order valence-corrected chi connectivity index (χ1v) is 6.58. The molecule has 0 heterocycles. The molecule has 2 unspecified atom stereocenters. The number of ether oxygens (including phenoxy) is 1. The number of hydrogen-bond acceptors (Lipinski definition) is 2. The van der Waals surface area contributed by atoms with Crippen molar-refractivity contribution >= 4 is 5.97 Å². The van der Waals surface area contributed by atoms with Crippen molar-refractivity contribution in [2.24, 2.45) is 11.3 Å². The minimum absolute atomic E-state index is 0.239. The summed E-state index contributed by atoms with van der Waals surface area (Å²) in [5, 5.41) is 0. The summed E-state index contributed by atoms with van der Waals surface area (Å²) in [5.41, 5.74) is 0.467. The van der Waals surface area contributed by atoms with Crippen LogP contribution in [0.25, 0.3) is 0 Å². The fraction of sp³-hybridized carbons (Fsp3) is 0.800. The van der Waals surface area contributed by atoms with Crippen LogP contribution in [0, 0.1) is 11.3 Å². The Labute approximate surface area is 105 Å². The number of esters is 1. The normalized spacial score (nSPS) is 31.9. The van der Waals surface area contributed by atoms with Gasteiger partial charge >= 0.3 is 5.97 Å². The standard InChI is InChI=1S/C15H26O2/c1-7-15(17-13(16)11(2)3)9-12(4)8-14(5,6)10-15/h12H,2,7-10H2,1,3-6H3. The number of hydrogen-bond donors (Lipinski definition) is 0. The van der Waals surface area contributed by atoms with Crippen LogP contribution in [0.15, 0.2) is 12.2 Å². The molecule has 1 aliphatic rings. The second-order valence-corrected chi connectivity index (χ2v) is 6.56. The van der Waals surface area contributed by atoms with Crippen LogP contribution in [0.4, 0.5) is 0 Å². The third-order valence-electron chi connectivity index (χ3n) is 3.72. The highest BCUT2D eigenvalue weighted by molar-refractivity contribution is 5.87.